The number of hydrogen-bond donors (Lipinski definition) is 4. The molecule has 1 radical (unpaired) electrons. The summed E-state index contributed by atoms with van der Waals surface area (Å²) >= 11 is 0. The van der Waals surface area contributed by atoms with Crippen LogP contribution in [0.3, 0.4) is 0 Å². The second-order valence-corrected chi connectivity index (χ2v) is 5.71. The van der Waals surface area contributed by atoms with Crippen LogP contribution in [0.15, 0.2) is 60.7 Å². The van der Waals surface area contributed by atoms with Crippen molar-refractivity contribution in [1.82, 2.24) is 9.97 Å². The molecule has 2 heterocycles. The van der Waals surface area contributed by atoms with Crippen molar-refractivity contribution in [2.75, 3.05) is 0 Å². The summed E-state index contributed by atoms with van der Waals surface area (Å²) in [4.78, 5) is 28.9. The Balaban J connectivity index is 0.000000200. The summed E-state index contributed by atoms with van der Waals surface area (Å²) in [6, 6.07) is 16.8. The van der Waals surface area contributed by atoms with Crippen LogP contribution in [0.1, 0.15) is 21.0 Å². The molecule has 0 aliphatic carbocycles. The molecule has 0 aliphatic heterocycles. The fourth-order valence-electron chi connectivity index (χ4n) is 2.52. The first-order valence-corrected chi connectivity index (χ1v) is 8.01. The molecular formula is C20H14CuN2O6. The van der Waals surface area contributed by atoms with Crippen LogP contribution in [0.5, 0.6) is 11.5 Å². The smallest absolute Gasteiger partial charge is 0.358 e. The number of nitrogens with zero attached hydrogens (tertiary/aromatic N) is 2. The van der Waals surface area contributed by atoms with Gasteiger partial charge in [-0.2, -0.15) is 0 Å². The molecule has 4 N–H and O–H groups in total. The zero-order valence-electron chi connectivity index (χ0n) is 14.6. The van der Waals surface area contributed by atoms with Crippen molar-refractivity contribution in [2.24, 2.45) is 0 Å². The number of benzene rings is 2. The predicted octanol–water partition coefficient (Wildman–Crippen LogP) is 3.27. The molecule has 0 spiro atoms. The maximum atomic E-state index is 10.6. The average Bonchev–Trinajstić information content (AvgIpc) is 2.67. The Morgan fingerprint density at radius 2 is 1.00 bits per heavy atom. The average molecular weight is 442 g/mol. The Kier molecular flexibility index (Phi) is 6.71. The third-order valence-electron chi connectivity index (χ3n) is 3.81. The zero-order chi connectivity index (χ0) is 20.3. The molecule has 2 aromatic heterocycles. The minimum absolute atomic E-state index is 0. The third kappa shape index (κ3) is 4.78. The van der Waals surface area contributed by atoms with Crippen molar-refractivity contribution in [3.05, 3.63) is 72.1 Å². The fraction of sp³-hybridized carbons (Fsp3) is 0. The number of aromatic carboxylic acids is 2. The third-order valence-corrected chi connectivity index (χ3v) is 3.81. The van der Waals surface area contributed by atoms with Crippen molar-refractivity contribution in [1.29, 1.82) is 0 Å². The van der Waals surface area contributed by atoms with E-state index in [9.17, 15) is 19.8 Å². The van der Waals surface area contributed by atoms with E-state index in [4.69, 9.17) is 10.2 Å². The molecule has 0 amide bonds. The molecule has 151 valence electrons. The molecule has 29 heavy (non-hydrogen) atoms. The number of hydrogen-bond acceptors (Lipinski definition) is 6. The van der Waals surface area contributed by atoms with Gasteiger partial charge in [-0.15, -0.1) is 0 Å². The summed E-state index contributed by atoms with van der Waals surface area (Å²) in [6.07, 6.45) is 0. The summed E-state index contributed by atoms with van der Waals surface area (Å²) in [7, 11) is 0. The summed E-state index contributed by atoms with van der Waals surface area (Å²) in [5.41, 5.74) is 0.484. The molecule has 0 aliphatic rings. The van der Waals surface area contributed by atoms with E-state index >= 15 is 0 Å². The van der Waals surface area contributed by atoms with Crippen LogP contribution in [0.4, 0.5) is 0 Å². The van der Waals surface area contributed by atoms with Crippen LogP contribution in [0.25, 0.3) is 21.8 Å². The standard InChI is InChI=1S/2C10H7NO3.Cu/c2*12-8-5-6-3-1-2-4-7(6)11-9(8)10(13)14;/h2*1-5,12H,(H,13,14);. The Bertz CT molecular complexity index is 1120. The van der Waals surface area contributed by atoms with Crippen LogP contribution in [-0.4, -0.2) is 42.3 Å². The molecule has 0 unspecified atom stereocenters. The minimum Gasteiger partial charge on any atom is -0.505 e. The number of aromatic hydroxyl groups is 2. The molecule has 0 bridgehead atoms. The van der Waals surface area contributed by atoms with E-state index in [0.29, 0.717) is 11.0 Å². The van der Waals surface area contributed by atoms with Gasteiger partial charge in [-0.1, -0.05) is 36.4 Å². The van der Waals surface area contributed by atoms with Gasteiger partial charge in [0, 0.05) is 27.8 Å². The molecule has 8 nitrogen and oxygen atoms in total. The fourth-order valence-corrected chi connectivity index (χ4v) is 2.52. The van der Waals surface area contributed by atoms with E-state index in [1.807, 2.05) is 0 Å². The van der Waals surface area contributed by atoms with Crippen LogP contribution in [0, 0.1) is 0 Å². The molecular weight excluding hydrogens is 428 g/mol. The van der Waals surface area contributed by atoms with Gasteiger partial charge in [0.2, 0.25) is 0 Å². The second-order valence-electron chi connectivity index (χ2n) is 5.71. The van der Waals surface area contributed by atoms with Crippen molar-refractivity contribution < 1.29 is 47.1 Å². The van der Waals surface area contributed by atoms with Crippen molar-refractivity contribution in [3.8, 4) is 11.5 Å². The van der Waals surface area contributed by atoms with Gasteiger partial charge in [0.1, 0.15) is 11.5 Å². The van der Waals surface area contributed by atoms with E-state index in [1.165, 1.54) is 12.1 Å². The molecule has 0 atom stereocenters. The molecule has 2 aromatic carbocycles. The summed E-state index contributed by atoms with van der Waals surface area (Å²) < 4.78 is 0. The molecule has 0 saturated carbocycles. The van der Waals surface area contributed by atoms with Crippen molar-refractivity contribution in [2.45, 2.75) is 0 Å². The predicted molar refractivity (Wildman–Crippen MR) is 101 cm³/mol. The van der Waals surface area contributed by atoms with E-state index in [0.717, 1.165) is 10.8 Å². The van der Waals surface area contributed by atoms with Crippen molar-refractivity contribution in [3.63, 3.8) is 0 Å². The van der Waals surface area contributed by atoms with Gasteiger partial charge >= 0.3 is 11.9 Å². The van der Waals surface area contributed by atoms with E-state index in [2.05, 4.69) is 9.97 Å². The Morgan fingerprint density at radius 3 is 1.34 bits per heavy atom. The number of carboxylic acids is 2. The number of carboxylic acid groups (broad SMARTS) is 2. The minimum atomic E-state index is -1.23. The maximum absolute atomic E-state index is 10.6. The number of rotatable bonds is 2. The molecule has 4 aromatic rings. The van der Waals surface area contributed by atoms with Crippen LogP contribution >= 0.6 is 0 Å². The number of fused-ring (bicyclic) bond motifs is 2. The van der Waals surface area contributed by atoms with Crippen LogP contribution < -0.4 is 0 Å². The van der Waals surface area contributed by atoms with Gasteiger partial charge in [-0.25, -0.2) is 19.6 Å². The van der Waals surface area contributed by atoms with E-state index in [-0.39, 0.29) is 40.0 Å². The monoisotopic (exact) mass is 441 g/mol. The Morgan fingerprint density at radius 1 is 0.655 bits per heavy atom. The van der Waals surface area contributed by atoms with Crippen LogP contribution in [-0.2, 0) is 17.1 Å². The maximum Gasteiger partial charge on any atom is 0.358 e. The normalized spacial score (nSPS) is 9.93. The van der Waals surface area contributed by atoms with Gasteiger partial charge in [0.05, 0.1) is 11.0 Å². The number of para-hydroxylation sites is 2. The van der Waals surface area contributed by atoms with Gasteiger partial charge in [0.25, 0.3) is 0 Å². The first kappa shape index (κ1) is 21.6. The van der Waals surface area contributed by atoms with Gasteiger partial charge in [-0.05, 0) is 24.3 Å². The summed E-state index contributed by atoms with van der Waals surface area (Å²) in [5, 5.41) is 37.5. The van der Waals surface area contributed by atoms with Crippen LogP contribution in [0.2, 0.25) is 0 Å². The zero-order valence-corrected chi connectivity index (χ0v) is 15.5. The Hall–Kier alpha value is -3.68. The van der Waals surface area contributed by atoms with Crippen molar-refractivity contribution >= 4 is 33.7 Å². The summed E-state index contributed by atoms with van der Waals surface area (Å²) in [5.74, 6) is -3.08. The Labute approximate surface area is 174 Å². The molecule has 9 heteroatoms. The molecule has 4 rings (SSSR count). The number of aromatic nitrogens is 2. The number of carbonyl (C=O) groups is 2. The largest absolute Gasteiger partial charge is 0.505 e. The first-order chi connectivity index (χ1) is 13.4. The van der Waals surface area contributed by atoms with Gasteiger partial charge in [-0.3, -0.25) is 0 Å². The quantitative estimate of drug-likeness (QED) is 0.347. The number of pyridine rings is 2. The molecule has 0 saturated heterocycles. The topological polar surface area (TPSA) is 141 Å². The van der Waals surface area contributed by atoms with Gasteiger partial charge < -0.3 is 20.4 Å². The summed E-state index contributed by atoms with van der Waals surface area (Å²) in [6.45, 7) is 0. The first-order valence-electron chi connectivity index (χ1n) is 8.01. The second kappa shape index (κ2) is 9.01. The van der Waals surface area contributed by atoms with E-state index < -0.39 is 11.9 Å². The SMILES string of the molecule is O=C(O)c1nc2ccccc2cc1O.O=C(O)c1nc2ccccc2cc1O.[Cu]. The van der Waals surface area contributed by atoms with E-state index in [1.54, 1.807) is 48.5 Å². The molecule has 0 fully saturated rings. The van der Waals surface area contributed by atoms with Gasteiger partial charge in [0.15, 0.2) is 11.4 Å².